The Balaban J connectivity index is 0.000000553. The number of aliphatic carboxylic acids is 2. The number of carboxylic acids is 2. The van der Waals surface area contributed by atoms with Gasteiger partial charge in [-0.25, -0.2) is 9.59 Å². The molecule has 2 heterocycles. The molecule has 2 aliphatic heterocycles. The molecule has 242 valence electrons. The average molecular weight is 631 g/mol. The lowest BCUT2D eigenvalue weighted by Gasteiger charge is -2.41. The van der Waals surface area contributed by atoms with Gasteiger partial charge in [0.15, 0.2) is 12.2 Å². The highest BCUT2D eigenvalue weighted by Crippen LogP contribution is 2.29. The first-order chi connectivity index (χ1) is 20.2. The Morgan fingerprint density at radius 3 is 2.09 bits per heavy atom. The van der Waals surface area contributed by atoms with E-state index in [9.17, 15) is 19.2 Å². The van der Waals surface area contributed by atoms with E-state index in [-0.39, 0.29) is 29.9 Å². The first kappa shape index (κ1) is 36.0. The molecule has 2 saturated heterocycles. The first-order valence-corrected chi connectivity index (χ1v) is 14.4. The van der Waals surface area contributed by atoms with Gasteiger partial charge >= 0.3 is 11.9 Å². The van der Waals surface area contributed by atoms with Gasteiger partial charge in [0.05, 0.1) is 35.5 Å². The standard InChI is InChI=1S/C24H37ClN4O4.C4H6O6/c1-15(2)24(31)29-9-5-16(6-10-29)13-28-8-7-20(22(14-28)33-4)27-23(30)17-11-18(25)19(26)12-21(17)32-3;5-1(3(7)8)2(6)4(9)10/h11-12,15-16,20,22H,5-10,13-14,26H2,1-4H3,(H,27,30);1-2,5-6H,(H,7,8)(H,9,10)/t20-,22+;1-,2-/m01/s1. The number of nitrogens with two attached hydrogens (primary N) is 1. The maximum atomic E-state index is 13.0. The van der Waals surface area contributed by atoms with Crippen molar-refractivity contribution in [2.24, 2.45) is 11.8 Å². The Hall–Kier alpha value is -3.17. The van der Waals surface area contributed by atoms with Crippen LogP contribution in [-0.4, -0.2) is 125 Å². The Kier molecular flexibility index (Phi) is 13.9. The van der Waals surface area contributed by atoms with Gasteiger partial charge in [-0.15, -0.1) is 0 Å². The first-order valence-electron chi connectivity index (χ1n) is 14.0. The van der Waals surface area contributed by atoms with Gasteiger partial charge in [0, 0.05) is 51.8 Å². The van der Waals surface area contributed by atoms with Crippen molar-refractivity contribution in [1.82, 2.24) is 15.1 Å². The molecule has 0 spiro atoms. The van der Waals surface area contributed by atoms with Crippen LogP contribution < -0.4 is 15.8 Å². The number of nitrogens with one attached hydrogen (secondary N) is 1. The van der Waals surface area contributed by atoms with Gasteiger partial charge in [-0.1, -0.05) is 25.4 Å². The van der Waals surface area contributed by atoms with E-state index in [1.165, 1.54) is 7.11 Å². The van der Waals surface area contributed by atoms with Gasteiger partial charge in [0.2, 0.25) is 5.91 Å². The van der Waals surface area contributed by atoms with E-state index in [1.807, 2.05) is 18.7 Å². The second-order valence-electron chi connectivity index (χ2n) is 11.0. The Labute approximate surface area is 255 Å². The molecular weight excluding hydrogens is 588 g/mol. The minimum atomic E-state index is -2.27. The molecular formula is C28H43ClN4O10. The van der Waals surface area contributed by atoms with Gasteiger partial charge in [-0.3, -0.25) is 9.59 Å². The second-order valence-corrected chi connectivity index (χ2v) is 11.4. The maximum Gasteiger partial charge on any atom is 0.335 e. The number of halogens is 1. The van der Waals surface area contributed by atoms with E-state index < -0.39 is 24.1 Å². The van der Waals surface area contributed by atoms with Gasteiger partial charge in [0.25, 0.3) is 5.91 Å². The molecule has 4 atom stereocenters. The SMILES string of the molecule is COc1cc(N)c(Cl)cc1C(=O)N[C@H]1CCN(CC2CCN(C(=O)C(C)C)CC2)C[C@H]1OC.O=C(O)[C@H](O)[C@@H](O)C(=O)O. The molecule has 3 rings (SSSR count). The number of carboxylic acid groups (broad SMARTS) is 2. The number of hydrogen-bond acceptors (Lipinski definition) is 10. The van der Waals surface area contributed by atoms with Crippen molar-refractivity contribution < 1.29 is 49.1 Å². The number of anilines is 1. The highest BCUT2D eigenvalue weighted by Gasteiger charge is 2.33. The number of carbonyl (C=O) groups is 4. The van der Waals surface area contributed by atoms with Crippen molar-refractivity contribution >= 4 is 41.0 Å². The Morgan fingerprint density at radius 1 is 1.02 bits per heavy atom. The fourth-order valence-electron chi connectivity index (χ4n) is 5.05. The number of methoxy groups -OCH3 is 2. The van der Waals surface area contributed by atoms with Gasteiger partial charge in [0.1, 0.15) is 5.75 Å². The molecule has 43 heavy (non-hydrogen) atoms. The number of ether oxygens (including phenoxy) is 2. The molecule has 15 heteroatoms. The summed E-state index contributed by atoms with van der Waals surface area (Å²) in [6.45, 7) is 8.23. The van der Waals surface area contributed by atoms with Crippen molar-refractivity contribution in [3.8, 4) is 5.75 Å². The molecule has 0 saturated carbocycles. The number of likely N-dealkylation sites (tertiary alicyclic amines) is 2. The Bertz CT molecular complexity index is 1110. The van der Waals surface area contributed by atoms with E-state index in [0.29, 0.717) is 27.9 Å². The minimum absolute atomic E-state index is 0.0579. The smallest absolute Gasteiger partial charge is 0.335 e. The van der Waals surface area contributed by atoms with Crippen LogP contribution in [0.4, 0.5) is 5.69 Å². The predicted octanol–water partition coefficient (Wildman–Crippen LogP) is 0.522. The van der Waals surface area contributed by atoms with Crippen molar-refractivity contribution in [2.75, 3.05) is 52.7 Å². The molecule has 7 N–H and O–H groups in total. The van der Waals surface area contributed by atoms with Crippen molar-refractivity contribution in [1.29, 1.82) is 0 Å². The molecule has 0 unspecified atom stereocenters. The van der Waals surface area contributed by atoms with Crippen LogP contribution in [0.1, 0.15) is 43.5 Å². The van der Waals surface area contributed by atoms with Crippen LogP contribution in [0.25, 0.3) is 0 Å². The molecule has 2 fully saturated rings. The molecule has 2 aliphatic rings. The summed E-state index contributed by atoms with van der Waals surface area (Å²) in [5.41, 5.74) is 6.56. The monoisotopic (exact) mass is 630 g/mol. The zero-order valence-electron chi connectivity index (χ0n) is 24.9. The van der Waals surface area contributed by atoms with E-state index in [2.05, 4.69) is 10.2 Å². The van der Waals surface area contributed by atoms with Crippen LogP contribution in [0.5, 0.6) is 5.75 Å². The number of hydrogen-bond donors (Lipinski definition) is 6. The molecule has 14 nitrogen and oxygen atoms in total. The third-order valence-electron chi connectivity index (χ3n) is 7.57. The van der Waals surface area contributed by atoms with Gasteiger partial charge in [-0.05, 0) is 31.2 Å². The van der Waals surface area contributed by atoms with E-state index in [0.717, 1.165) is 52.0 Å². The van der Waals surface area contributed by atoms with Crippen LogP contribution in [0.3, 0.4) is 0 Å². The largest absolute Gasteiger partial charge is 0.496 e. The van der Waals surface area contributed by atoms with Crippen LogP contribution in [0, 0.1) is 11.8 Å². The zero-order valence-corrected chi connectivity index (χ0v) is 25.6. The summed E-state index contributed by atoms with van der Waals surface area (Å²) in [4.78, 5) is 49.1. The molecule has 0 radical (unpaired) electrons. The number of aliphatic hydroxyl groups is 2. The quantitative estimate of drug-likeness (QED) is 0.195. The third kappa shape index (κ3) is 10.2. The number of piperidine rings is 2. The summed E-state index contributed by atoms with van der Waals surface area (Å²) in [6, 6.07) is 3.00. The fraction of sp³-hybridized carbons (Fsp3) is 0.643. The van der Waals surface area contributed by atoms with E-state index in [1.54, 1.807) is 19.2 Å². The number of rotatable bonds is 10. The number of nitrogens with zero attached hydrogens (tertiary/aromatic N) is 2. The van der Waals surface area contributed by atoms with Crippen LogP contribution in [-0.2, 0) is 19.1 Å². The number of aliphatic hydroxyl groups excluding tert-OH is 2. The minimum Gasteiger partial charge on any atom is -0.496 e. The van der Waals surface area contributed by atoms with Crippen molar-refractivity contribution in [3.63, 3.8) is 0 Å². The Morgan fingerprint density at radius 2 is 1.60 bits per heavy atom. The van der Waals surface area contributed by atoms with E-state index >= 15 is 0 Å². The van der Waals surface area contributed by atoms with Gasteiger partial charge in [-0.2, -0.15) is 0 Å². The highest BCUT2D eigenvalue weighted by atomic mass is 35.5. The van der Waals surface area contributed by atoms with Crippen molar-refractivity contribution in [2.45, 2.75) is 57.5 Å². The number of nitrogen functional groups attached to an aromatic ring is 1. The summed E-state index contributed by atoms with van der Waals surface area (Å²) in [7, 11) is 3.18. The van der Waals surface area contributed by atoms with Crippen molar-refractivity contribution in [3.05, 3.63) is 22.7 Å². The lowest BCUT2D eigenvalue weighted by molar-refractivity contribution is -0.165. The number of carbonyl (C=O) groups excluding carboxylic acids is 2. The molecule has 0 aliphatic carbocycles. The van der Waals surface area contributed by atoms with Crippen LogP contribution in [0.2, 0.25) is 5.02 Å². The van der Waals surface area contributed by atoms with Crippen LogP contribution >= 0.6 is 11.6 Å². The predicted molar refractivity (Wildman–Crippen MR) is 157 cm³/mol. The summed E-state index contributed by atoms with van der Waals surface area (Å²) in [5.74, 6) is -2.51. The highest BCUT2D eigenvalue weighted by molar-refractivity contribution is 6.33. The maximum absolute atomic E-state index is 13.0. The molecule has 0 bridgehead atoms. The molecule has 0 aromatic heterocycles. The van der Waals surface area contributed by atoms with Gasteiger partial charge < -0.3 is 50.8 Å². The average Bonchev–Trinajstić information content (AvgIpc) is 2.98. The molecule has 1 aromatic rings. The molecule has 2 amide bonds. The van der Waals surface area contributed by atoms with E-state index in [4.69, 9.17) is 47.2 Å². The number of benzene rings is 1. The summed E-state index contributed by atoms with van der Waals surface area (Å²) in [6.07, 6.45) is -1.79. The number of amides is 2. The summed E-state index contributed by atoms with van der Waals surface area (Å²) < 4.78 is 11.1. The lowest BCUT2D eigenvalue weighted by Crippen LogP contribution is -2.55. The summed E-state index contributed by atoms with van der Waals surface area (Å²) >= 11 is 6.13. The molecule has 1 aromatic carbocycles. The fourth-order valence-corrected chi connectivity index (χ4v) is 5.21. The summed E-state index contributed by atoms with van der Waals surface area (Å²) in [5, 5.41) is 35.9. The normalized spacial score (nSPS) is 20.9. The zero-order chi connectivity index (χ0) is 32.4. The lowest BCUT2D eigenvalue weighted by atomic mass is 9.93. The third-order valence-corrected chi connectivity index (χ3v) is 7.89. The second kappa shape index (κ2) is 16.6. The topological polar surface area (TPSA) is 212 Å². The van der Waals surface area contributed by atoms with Crippen LogP contribution in [0.15, 0.2) is 12.1 Å².